The maximum atomic E-state index is 13.4. The molecule has 2 heterocycles. The van der Waals surface area contributed by atoms with Crippen LogP contribution in [-0.4, -0.2) is 25.0 Å². The van der Waals surface area contributed by atoms with Gasteiger partial charge >= 0.3 is 6.01 Å². The van der Waals surface area contributed by atoms with E-state index in [2.05, 4.69) is 20.3 Å². The molecule has 0 radical (unpaired) electrons. The van der Waals surface area contributed by atoms with Crippen molar-refractivity contribution in [1.82, 2.24) is 25.0 Å². The Kier molecular flexibility index (Phi) is 4.64. The van der Waals surface area contributed by atoms with E-state index in [0.717, 1.165) is 23.4 Å². The van der Waals surface area contributed by atoms with E-state index in [9.17, 15) is 13.2 Å². The van der Waals surface area contributed by atoms with E-state index in [1.165, 1.54) is 16.9 Å². The van der Waals surface area contributed by atoms with E-state index < -0.39 is 17.8 Å². The molecule has 0 amide bonds. The first kappa shape index (κ1) is 16.9. The zero-order valence-electron chi connectivity index (χ0n) is 13.4. The van der Waals surface area contributed by atoms with Crippen LogP contribution in [-0.2, 0) is 6.61 Å². The molecule has 0 fully saturated rings. The average molecular weight is 349 g/mol. The van der Waals surface area contributed by atoms with Crippen molar-refractivity contribution in [2.24, 2.45) is 0 Å². The Balaban J connectivity index is 1.74. The first-order valence-electron chi connectivity index (χ1n) is 7.36. The Morgan fingerprint density at radius 2 is 2.04 bits per heavy atom. The first-order chi connectivity index (χ1) is 11.9. The van der Waals surface area contributed by atoms with Gasteiger partial charge in [0.2, 0.25) is 0 Å². The number of hydrogen-bond acceptors (Lipinski definition) is 5. The summed E-state index contributed by atoms with van der Waals surface area (Å²) in [5.74, 6) is -0.964. The van der Waals surface area contributed by atoms with E-state index in [1.54, 1.807) is 6.20 Å². The Morgan fingerprint density at radius 1 is 1.24 bits per heavy atom. The minimum absolute atomic E-state index is 0.0609. The van der Waals surface area contributed by atoms with Gasteiger partial charge in [-0.3, -0.25) is 0 Å². The second kappa shape index (κ2) is 6.88. The largest absolute Gasteiger partial charge is 0.457 e. The molecule has 1 aromatic carbocycles. The summed E-state index contributed by atoms with van der Waals surface area (Å²) < 4.78 is 45.6. The Morgan fingerprint density at radius 3 is 2.76 bits per heavy atom. The summed E-state index contributed by atoms with van der Waals surface area (Å²) in [4.78, 5) is 8.23. The lowest BCUT2D eigenvalue weighted by Crippen LogP contribution is -2.01. The molecule has 3 aromatic rings. The third-order valence-corrected chi connectivity index (χ3v) is 3.57. The van der Waals surface area contributed by atoms with Gasteiger partial charge in [0.05, 0.1) is 17.4 Å². The van der Waals surface area contributed by atoms with E-state index >= 15 is 0 Å². The number of aromatic nitrogens is 5. The molecule has 0 aliphatic heterocycles. The highest BCUT2D eigenvalue weighted by Gasteiger charge is 2.15. The summed E-state index contributed by atoms with van der Waals surface area (Å²) in [6.45, 7) is 3.79. The maximum Gasteiger partial charge on any atom is 0.316 e. The SMILES string of the molecule is Cc1cnc(OCc2cn(-c3ccc(F)c(C(F)F)c3)nn2)nc1C. The fourth-order valence-electron chi connectivity index (χ4n) is 2.05. The molecule has 6 nitrogen and oxygen atoms in total. The lowest BCUT2D eigenvalue weighted by Gasteiger charge is -2.05. The summed E-state index contributed by atoms with van der Waals surface area (Å²) in [5, 5.41) is 7.73. The molecule has 0 N–H and O–H groups in total. The molecule has 0 spiro atoms. The minimum atomic E-state index is -2.91. The molecule has 25 heavy (non-hydrogen) atoms. The first-order valence-corrected chi connectivity index (χ1v) is 7.36. The smallest absolute Gasteiger partial charge is 0.316 e. The summed E-state index contributed by atoms with van der Waals surface area (Å²) in [6, 6.07) is 3.55. The van der Waals surface area contributed by atoms with E-state index in [1.807, 2.05) is 13.8 Å². The standard InChI is InChI=1S/C16H14F3N5O/c1-9-6-20-16(21-10(9)2)25-8-11-7-24(23-22-11)12-3-4-14(17)13(5-12)15(18)19/h3-7,15H,8H2,1-2H3. The zero-order valence-corrected chi connectivity index (χ0v) is 13.4. The average Bonchev–Trinajstić information content (AvgIpc) is 3.05. The molecule has 0 saturated carbocycles. The van der Waals surface area contributed by atoms with Gasteiger partial charge in [0.15, 0.2) is 0 Å². The number of halogens is 3. The number of rotatable bonds is 5. The van der Waals surface area contributed by atoms with Gasteiger partial charge in [-0.15, -0.1) is 5.10 Å². The molecule has 2 aromatic heterocycles. The fraction of sp³-hybridized carbons (Fsp3) is 0.250. The highest BCUT2D eigenvalue weighted by atomic mass is 19.3. The van der Waals surface area contributed by atoms with Crippen LogP contribution in [0.1, 0.15) is 28.9 Å². The maximum absolute atomic E-state index is 13.4. The van der Waals surface area contributed by atoms with Crippen molar-refractivity contribution in [3.8, 4) is 11.7 Å². The number of alkyl halides is 2. The predicted molar refractivity (Wildman–Crippen MR) is 82.1 cm³/mol. The molecule has 0 aliphatic rings. The molecular weight excluding hydrogens is 335 g/mol. The topological polar surface area (TPSA) is 65.7 Å². The van der Waals surface area contributed by atoms with Gasteiger partial charge in [-0.25, -0.2) is 27.8 Å². The van der Waals surface area contributed by atoms with Crippen LogP contribution in [0.25, 0.3) is 5.69 Å². The molecule has 3 rings (SSSR count). The van der Waals surface area contributed by atoms with Gasteiger partial charge in [0.25, 0.3) is 6.43 Å². The lowest BCUT2D eigenvalue weighted by atomic mass is 10.2. The molecule has 0 atom stereocenters. The molecule has 0 aliphatic carbocycles. The van der Waals surface area contributed by atoms with Gasteiger partial charge < -0.3 is 4.74 Å². The third kappa shape index (κ3) is 3.76. The van der Waals surface area contributed by atoms with Crippen LogP contribution >= 0.6 is 0 Å². The summed E-state index contributed by atoms with van der Waals surface area (Å²) in [6.07, 6.45) is 0.246. The van der Waals surface area contributed by atoms with Crippen LogP contribution in [0.5, 0.6) is 6.01 Å². The van der Waals surface area contributed by atoms with Crippen LogP contribution in [0.3, 0.4) is 0 Å². The second-order valence-electron chi connectivity index (χ2n) is 5.37. The summed E-state index contributed by atoms with van der Waals surface area (Å²) in [7, 11) is 0. The van der Waals surface area contributed by atoms with Crippen molar-refractivity contribution in [2.45, 2.75) is 26.9 Å². The van der Waals surface area contributed by atoms with Gasteiger partial charge in [0.1, 0.15) is 18.1 Å². The highest BCUT2D eigenvalue weighted by molar-refractivity contribution is 5.36. The predicted octanol–water partition coefficient (Wildman–Crippen LogP) is 3.33. The van der Waals surface area contributed by atoms with E-state index in [4.69, 9.17) is 4.74 Å². The summed E-state index contributed by atoms with van der Waals surface area (Å²) in [5.41, 5.74) is 1.79. The van der Waals surface area contributed by atoms with Gasteiger partial charge in [0, 0.05) is 11.9 Å². The molecule has 0 unspecified atom stereocenters. The third-order valence-electron chi connectivity index (χ3n) is 3.57. The van der Waals surface area contributed by atoms with Crippen molar-refractivity contribution in [2.75, 3.05) is 0 Å². The van der Waals surface area contributed by atoms with Gasteiger partial charge in [-0.05, 0) is 37.6 Å². The Labute approximate surface area is 141 Å². The van der Waals surface area contributed by atoms with Crippen molar-refractivity contribution >= 4 is 0 Å². The van der Waals surface area contributed by atoms with Gasteiger partial charge in [-0.2, -0.15) is 0 Å². The summed E-state index contributed by atoms with van der Waals surface area (Å²) >= 11 is 0. The van der Waals surface area contributed by atoms with Crippen molar-refractivity contribution in [3.63, 3.8) is 0 Å². The quantitative estimate of drug-likeness (QED) is 0.707. The Bertz CT molecular complexity index is 897. The number of ether oxygens (including phenoxy) is 1. The molecule has 0 bridgehead atoms. The molecule has 130 valence electrons. The minimum Gasteiger partial charge on any atom is -0.457 e. The molecule has 0 saturated heterocycles. The van der Waals surface area contributed by atoms with Gasteiger partial charge in [-0.1, -0.05) is 5.21 Å². The second-order valence-corrected chi connectivity index (χ2v) is 5.37. The highest BCUT2D eigenvalue weighted by Crippen LogP contribution is 2.24. The van der Waals surface area contributed by atoms with Crippen LogP contribution in [0.2, 0.25) is 0 Å². The van der Waals surface area contributed by atoms with Crippen LogP contribution in [0.4, 0.5) is 13.2 Å². The van der Waals surface area contributed by atoms with Crippen LogP contribution in [0, 0.1) is 19.7 Å². The van der Waals surface area contributed by atoms with Crippen molar-refractivity contribution in [1.29, 1.82) is 0 Å². The molecule has 9 heteroatoms. The number of aryl methyl sites for hydroxylation is 2. The lowest BCUT2D eigenvalue weighted by molar-refractivity contribution is 0.146. The fourth-order valence-corrected chi connectivity index (χ4v) is 2.05. The van der Waals surface area contributed by atoms with E-state index in [-0.39, 0.29) is 18.3 Å². The monoisotopic (exact) mass is 349 g/mol. The normalized spacial score (nSPS) is 11.1. The Hall–Kier alpha value is -2.97. The van der Waals surface area contributed by atoms with Crippen LogP contribution < -0.4 is 4.74 Å². The van der Waals surface area contributed by atoms with Crippen molar-refractivity contribution in [3.05, 3.63) is 58.9 Å². The number of benzene rings is 1. The van der Waals surface area contributed by atoms with Crippen molar-refractivity contribution < 1.29 is 17.9 Å². The van der Waals surface area contributed by atoms with Crippen LogP contribution in [0.15, 0.2) is 30.6 Å². The number of hydrogen-bond donors (Lipinski definition) is 0. The number of nitrogens with zero attached hydrogens (tertiary/aromatic N) is 5. The van der Waals surface area contributed by atoms with E-state index in [0.29, 0.717) is 5.69 Å². The molecular formula is C16H14F3N5O. The zero-order chi connectivity index (χ0) is 18.0.